The van der Waals surface area contributed by atoms with Crippen molar-refractivity contribution in [3.63, 3.8) is 0 Å². The van der Waals surface area contributed by atoms with Crippen molar-refractivity contribution in [1.82, 2.24) is 10.2 Å². The Balaban J connectivity index is 0.00000132. The van der Waals surface area contributed by atoms with Crippen molar-refractivity contribution in [1.29, 1.82) is 0 Å². The number of hydrogen-bond acceptors (Lipinski definition) is 3. The van der Waals surface area contributed by atoms with E-state index in [1.807, 2.05) is 30.3 Å². The van der Waals surface area contributed by atoms with Crippen molar-refractivity contribution in [3.8, 4) is 0 Å². The molecule has 0 saturated carbocycles. The van der Waals surface area contributed by atoms with Gasteiger partial charge in [0.15, 0.2) is 0 Å². The minimum atomic E-state index is -0.746. The molecule has 2 aliphatic rings. The first-order chi connectivity index (χ1) is 10.1. The van der Waals surface area contributed by atoms with E-state index in [1.165, 1.54) is 12.8 Å². The zero-order chi connectivity index (χ0) is 14.8. The Morgan fingerprint density at radius 2 is 1.78 bits per heavy atom. The summed E-state index contributed by atoms with van der Waals surface area (Å²) in [4.78, 5) is 14.0. The third-order valence-electron chi connectivity index (χ3n) is 5.21. The predicted octanol–water partition coefficient (Wildman–Crippen LogP) is 2.91. The summed E-state index contributed by atoms with van der Waals surface area (Å²) in [5, 5.41) is 13.0. The lowest BCUT2D eigenvalue weighted by Gasteiger charge is -2.37. The number of benzene rings is 1. The van der Waals surface area contributed by atoms with Crippen LogP contribution < -0.4 is 5.32 Å². The van der Waals surface area contributed by atoms with Gasteiger partial charge in [0.1, 0.15) is 0 Å². The van der Waals surface area contributed by atoms with Crippen LogP contribution in [0.3, 0.4) is 0 Å². The summed E-state index contributed by atoms with van der Waals surface area (Å²) < 4.78 is 0. The molecule has 0 spiro atoms. The van der Waals surface area contributed by atoms with Gasteiger partial charge < -0.3 is 15.3 Å². The Kier molecular flexibility index (Phi) is 7.81. The van der Waals surface area contributed by atoms with Crippen LogP contribution >= 0.6 is 24.8 Å². The van der Waals surface area contributed by atoms with Gasteiger partial charge in [-0.15, -0.1) is 24.8 Å². The van der Waals surface area contributed by atoms with E-state index in [0.717, 1.165) is 18.4 Å². The molecular weight excluding hydrogens is 335 g/mol. The van der Waals surface area contributed by atoms with Gasteiger partial charge in [0.25, 0.3) is 0 Å². The lowest BCUT2D eigenvalue weighted by atomic mass is 9.95. The maximum Gasteiger partial charge on any atom is 0.312 e. The highest BCUT2D eigenvalue weighted by molar-refractivity contribution is 5.85. The number of aliphatic carboxylic acids is 1. The van der Waals surface area contributed by atoms with Crippen LogP contribution in [0.15, 0.2) is 30.3 Å². The van der Waals surface area contributed by atoms with Gasteiger partial charge in [-0.3, -0.25) is 4.79 Å². The lowest BCUT2D eigenvalue weighted by Crippen LogP contribution is -2.48. The zero-order valence-corrected chi connectivity index (χ0v) is 15.0. The molecule has 2 saturated heterocycles. The first-order valence-electron chi connectivity index (χ1n) is 7.88. The number of nitrogens with one attached hydrogen (secondary N) is 1. The minimum Gasteiger partial charge on any atom is -0.481 e. The molecule has 2 aliphatic heterocycles. The van der Waals surface area contributed by atoms with Crippen molar-refractivity contribution in [2.24, 2.45) is 0 Å². The van der Waals surface area contributed by atoms with Crippen molar-refractivity contribution in [2.75, 3.05) is 13.6 Å². The highest BCUT2D eigenvalue weighted by atomic mass is 35.5. The average Bonchev–Trinajstić information content (AvgIpc) is 2.71. The molecule has 3 rings (SSSR count). The first-order valence-corrected chi connectivity index (χ1v) is 7.88. The molecule has 0 aliphatic carbocycles. The number of carboxylic acids is 1. The van der Waals surface area contributed by atoms with Crippen LogP contribution in [-0.4, -0.2) is 47.7 Å². The van der Waals surface area contributed by atoms with E-state index in [0.29, 0.717) is 24.7 Å². The van der Waals surface area contributed by atoms with Gasteiger partial charge in [-0.05, 0) is 38.3 Å². The SMILES string of the molecule is CN1C2CCC1CC(NCC(C(=O)O)c1ccccc1)C2.Cl.Cl. The van der Waals surface area contributed by atoms with Gasteiger partial charge in [-0.2, -0.15) is 0 Å². The second-order valence-corrected chi connectivity index (χ2v) is 6.43. The minimum absolute atomic E-state index is 0. The quantitative estimate of drug-likeness (QED) is 0.847. The normalized spacial score (nSPS) is 27.6. The van der Waals surface area contributed by atoms with Crippen LogP contribution in [-0.2, 0) is 4.79 Å². The summed E-state index contributed by atoms with van der Waals surface area (Å²) >= 11 is 0. The Labute approximate surface area is 150 Å². The van der Waals surface area contributed by atoms with Crippen molar-refractivity contribution < 1.29 is 9.90 Å². The first kappa shape index (κ1) is 20.2. The fourth-order valence-corrected chi connectivity index (χ4v) is 3.90. The maximum atomic E-state index is 11.5. The summed E-state index contributed by atoms with van der Waals surface area (Å²) in [6, 6.07) is 11.4. The van der Waals surface area contributed by atoms with E-state index < -0.39 is 11.9 Å². The summed E-state index contributed by atoms with van der Waals surface area (Å²) in [6.07, 6.45) is 4.88. The van der Waals surface area contributed by atoms with E-state index in [2.05, 4.69) is 17.3 Å². The molecule has 0 amide bonds. The molecule has 2 bridgehead atoms. The topological polar surface area (TPSA) is 52.6 Å². The Hall–Kier alpha value is -0.810. The molecule has 2 heterocycles. The summed E-state index contributed by atoms with van der Waals surface area (Å²) in [5.74, 6) is -1.20. The second-order valence-electron chi connectivity index (χ2n) is 6.43. The third-order valence-corrected chi connectivity index (χ3v) is 5.21. The predicted molar refractivity (Wildman–Crippen MR) is 96.9 cm³/mol. The summed E-state index contributed by atoms with van der Waals surface area (Å²) in [6.45, 7) is 0.521. The highest BCUT2D eigenvalue weighted by Crippen LogP contribution is 2.34. The largest absolute Gasteiger partial charge is 0.481 e. The third kappa shape index (κ3) is 4.60. The van der Waals surface area contributed by atoms with Crippen LogP contribution in [0.5, 0.6) is 0 Å². The average molecular weight is 361 g/mol. The number of halogens is 2. The molecule has 2 N–H and O–H groups in total. The molecule has 2 fully saturated rings. The molecule has 4 nitrogen and oxygen atoms in total. The molecule has 0 aromatic heterocycles. The van der Waals surface area contributed by atoms with Crippen LogP contribution in [0.2, 0.25) is 0 Å². The number of piperidine rings is 1. The van der Waals surface area contributed by atoms with E-state index in [9.17, 15) is 9.90 Å². The van der Waals surface area contributed by atoms with Gasteiger partial charge in [0, 0.05) is 24.7 Å². The van der Waals surface area contributed by atoms with E-state index in [-0.39, 0.29) is 24.8 Å². The number of carboxylic acid groups (broad SMARTS) is 1. The van der Waals surface area contributed by atoms with Gasteiger partial charge in [0.2, 0.25) is 0 Å². The fraction of sp³-hybridized carbons (Fsp3) is 0.588. The van der Waals surface area contributed by atoms with Crippen molar-refractivity contribution in [2.45, 2.75) is 49.7 Å². The van der Waals surface area contributed by atoms with Gasteiger partial charge in [-0.25, -0.2) is 0 Å². The molecular formula is C17H26Cl2N2O2. The van der Waals surface area contributed by atoms with Crippen LogP contribution in [0.25, 0.3) is 0 Å². The van der Waals surface area contributed by atoms with Crippen LogP contribution in [0.4, 0.5) is 0 Å². The van der Waals surface area contributed by atoms with Gasteiger partial charge in [0.05, 0.1) is 5.92 Å². The van der Waals surface area contributed by atoms with Gasteiger partial charge >= 0.3 is 5.97 Å². The number of carbonyl (C=O) groups is 1. The molecule has 6 heteroatoms. The standard InChI is InChI=1S/C17H24N2O2.2ClH/c1-19-14-7-8-15(19)10-13(9-14)18-11-16(17(20)21)12-5-3-2-4-6-12;;/h2-6,13-16,18H,7-11H2,1H3,(H,20,21);2*1H. The van der Waals surface area contributed by atoms with Gasteiger partial charge in [-0.1, -0.05) is 30.3 Å². The number of hydrogen-bond donors (Lipinski definition) is 2. The second kappa shape index (κ2) is 8.88. The fourth-order valence-electron chi connectivity index (χ4n) is 3.90. The molecule has 0 radical (unpaired) electrons. The molecule has 130 valence electrons. The lowest BCUT2D eigenvalue weighted by molar-refractivity contribution is -0.138. The van der Waals surface area contributed by atoms with Crippen molar-refractivity contribution in [3.05, 3.63) is 35.9 Å². The van der Waals surface area contributed by atoms with E-state index in [4.69, 9.17) is 0 Å². The van der Waals surface area contributed by atoms with E-state index in [1.54, 1.807) is 0 Å². The zero-order valence-electron chi connectivity index (χ0n) is 13.4. The summed E-state index contributed by atoms with van der Waals surface area (Å²) in [5.41, 5.74) is 0.883. The number of rotatable bonds is 5. The molecule has 23 heavy (non-hydrogen) atoms. The molecule has 1 aromatic carbocycles. The maximum absolute atomic E-state index is 11.5. The van der Waals surface area contributed by atoms with Crippen LogP contribution in [0.1, 0.15) is 37.2 Å². The van der Waals surface area contributed by atoms with Crippen LogP contribution in [0, 0.1) is 0 Å². The number of fused-ring (bicyclic) bond motifs is 2. The highest BCUT2D eigenvalue weighted by Gasteiger charge is 2.38. The Morgan fingerprint density at radius 3 is 2.30 bits per heavy atom. The molecule has 3 unspecified atom stereocenters. The molecule has 1 aromatic rings. The smallest absolute Gasteiger partial charge is 0.312 e. The molecule has 3 atom stereocenters. The summed E-state index contributed by atoms with van der Waals surface area (Å²) in [7, 11) is 2.22. The van der Waals surface area contributed by atoms with E-state index >= 15 is 0 Å². The Morgan fingerprint density at radius 1 is 1.22 bits per heavy atom. The number of nitrogens with zero attached hydrogens (tertiary/aromatic N) is 1. The van der Waals surface area contributed by atoms with Crippen molar-refractivity contribution >= 4 is 30.8 Å². The monoisotopic (exact) mass is 360 g/mol. The Bertz CT molecular complexity index is 487.